The second-order valence-corrected chi connectivity index (χ2v) is 9.12. The summed E-state index contributed by atoms with van der Waals surface area (Å²) in [5.41, 5.74) is 3.83. The number of hydrogen-bond acceptors (Lipinski definition) is 1. The van der Waals surface area contributed by atoms with E-state index in [1.54, 1.807) is 0 Å². The first kappa shape index (κ1) is 18.5. The fourth-order valence-electron chi connectivity index (χ4n) is 3.57. The van der Waals surface area contributed by atoms with Crippen molar-refractivity contribution in [3.05, 3.63) is 109 Å². The average molecular weight is 381 g/mol. The van der Waals surface area contributed by atoms with E-state index in [0.717, 1.165) is 0 Å². The molecule has 0 saturated heterocycles. The molecule has 0 radical (unpaired) electrons. The van der Waals surface area contributed by atoms with Gasteiger partial charge in [-0.15, -0.1) is 0 Å². The van der Waals surface area contributed by atoms with Gasteiger partial charge in [-0.3, -0.25) is 0 Å². The van der Waals surface area contributed by atoms with E-state index in [2.05, 4.69) is 128 Å². The molecule has 0 spiro atoms. The van der Waals surface area contributed by atoms with Crippen molar-refractivity contribution >= 4 is 29.5 Å². The molecule has 0 N–H and O–H groups in total. The van der Waals surface area contributed by atoms with Crippen LogP contribution in [0.15, 0.2) is 109 Å². The van der Waals surface area contributed by atoms with Crippen LogP contribution in [0.25, 0.3) is 11.1 Å². The minimum Gasteiger partial charge on any atom is -0.377 e. The maximum Gasteiger partial charge on any atom is 0.0440 e. The summed E-state index contributed by atoms with van der Waals surface area (Å²) in [4.78, 5) is 2.19. The highest BCUT2D eigenvalue weighted by atomic mass is 31.1. The summed E-state index contributed by atoms with van der Waals surface area (Å²) in [6, 6.07) is 39.3. The van der Waals surface area contributed by atoms with E-state index in [9.17, 15) is 0 Å². The fourth-order valence-corrected chi connectivity index (χ4v) is 6.04. The molecule has 0 aromatic heterocycles. The van der Waals surface area contributed by atoms with Crippen LogP contribution in [0.4, 0.5) is 5.69 Å². The Morgan fingerprint density at radius 2 is 0.964 bits per heavy atom. The topological polar surface area (TPSA) is 3.24 Å². The van der Waals surface area contributed by atoms with Crippen LogP contribution in [-0.4, -0.2) is 14.1 Å². The lowest BCUT2D eigenvalue weighted by Gasteiger charge is -2.24. The number of para-hydroxylation sites is 1. The van der Waals surface area contributed by atoms with Crippen molar-refractivity contribution in [2.45, 2.75) is 0 Å². The van der Waals surface area contributed by atoms with Crippen LogP contribution in [0.1, 0.15) is 0 Å². The molecule has 2 heteroatoms. The summed E-state index contributed by atoms with van der Waals surface area (Å²) in [7, 11) is 3.58. The van der Waals surface area contributed by atoms with Crippen LogP contribution in [0.2, 0.25) is 0 Å². The molecular weight excluding hydrogens is 357 g/mol. The Bertz CT molecular complexity index is 1000. The Balaban J connectivity index is 1.95. The van der Waals surface area contributed by atoms with Gasteiger partial charge in [0.2, 0.25) is 0 Å². The van der Waals surface area contributed by atoms with Gasteiger partial charge in [0.05, 0.1) is 0 Å². The molecule has 4 rings (SSSR count). The Morgan fingerprint density at radius 3 is 1.54 bits per heavy atom. The highest BCUT2D eigenvalue weighted by Crippen LogP contribution is 2.39. The number of hydrogen-bond donors (Lipinski definition) is 0. The molecule has 0 heterocycles. The van der Waals surface area contributed by atoms with Crippen molar-refractivity contribution in [1.82, 2.24) is 0 Å². The maximum atomic E-state index is 2.30. The first-order chi connectivity index (χ1) is 13.8. The summed E-state index contributed by atoms with van der Waals surface area (Å²) < 4.78 is 0. The second-order valence-electron chi connectivity index (χ2n) is 6.94. The molecule has 0 unspecified atom stereocenters. The number of anilines is 1. The van der Waals surface area contributed by atoms with Crippen LogP contribution in [-0.2, 0) is 0 Å². The predicted molar refractivity (Wildman–Crippen MR) is 125 cm³/mol. The molecule has 0 saturated carbocycles. The van der Waals surface area contributed by atoms with Crippen molar-refractivity contribution in [2.24, 2.45) is 0 Å². The van der Waals surface area contributed by atoms with Crippen LogP contribution in [0, 0.1) is 0 Å². The Labute approximate surface area is 169 Å². The molecule has 0 amide bonds. The molecule has 4 aromatic carbocycles. The van der Waals surface area contributed by atoms with Gasteiger partial charge >= 0.3 is 0 Å². The minimum atomic E-state index is -0.641. The lowest BCUT2D eigenvalue weighted by molar-refractivity contribution is 1.13. The van der Waals surface area contributed by atoms with Gasteiger partial charge in [-0.1, -0.05) is 103 Å². The maximum absolute atomic E-state index is 2.30. The summed E-state index contributed by atoms with van der Waals surface area (Å²) in [5.74, 6) is 0. The monoisotopic (exact) mass is 381 g/mol. The third-order valence-corrected chi connectivity index (χ3v) is 7.35. The van der Waals surface area contributed by atoms with Crippen molar-refractivity contribution < 1.29 is 0 Å². The van der Waals surface area contributed by atoms with Gasteiger partial charge in [-0.2, -0.15) is 0 Å². The van der Waals surface area contributed by atoms with Crippen LogP contribution < -0.4 is 20.8 Å². The lowest BCUT2D eigenvalue weighted by atomic mass is 10.0. The standard InChI is InChI=1S/C26H24NP/c1-27(2)25-19-11-9-17-23(25)24-18-10-12-20-26(24)28(21-13-5-3-6-14-21)22-15-7-4-8-16-22/h3-20H,1-2H3. The number of nitrogens with zero attached hydrogens (tertiary/aromatic N) is 1. The highest BCUT2D eigenvalue weighted by Gasteiger charge is 2.21. The quantitative estimate of drug-likeness (QED) is 0.431. The molecule has 0 bridgehead atoms. The molecule has 138 valence electrons. The Morgan fingerprint density at radius 1 is 0.500 bits per heavy atom. The average Bonchev–Trinajstić information content (AvgIpc) is 2.76. The molecular formula is C26H24NP. The highest BCUT2D eigenvalue weighted by molar-refractivity contribution is 7.80. The largest absolute Gasteiger partial charge is 0.377 e. The summed E-state index contributed by atoms with van der Waals surface area (Å²) in [6.45, 7) is 0. The van der Waals surface area contributed by atoms with E-state index >= 15 is 0 Å². The van der Waals surface area contributed by atoms with E-state index in [1.807, 2.05) is 0 Å². The summed E-state index contributed by atoms with van der Waals surface area (Å²) >= 11 is 0. The van der Waals surface area contributed by atoms with Gasteiger partial charge in [-0.25, -0.2) is 0 Å². The van der Waals surface area contributed by atoms with E-state index in [4.69, 9.17) is 0 Å². The van der Waals surface area contributed by atoms with Gasteiger partial charge in [0.1, 0.15) is 0 Å². The zero-order chi connectivity index (χ0) is 19.3. The first-order valence-corrected chi connectivity index (χ1v) is 10.9. The fraction of sp³-hybridized carbons (Fsp3) is 0.0769. The van der Waals surface area contributed by atoms with Crippen molar-refractivity contribution in [3.63, 3.8) is 0 Å². The van der Waals surface area contributed by atoms with Crippen LogP contribution in [0.5, 0.6) is 0 Å². The first-order valence-electron chi connectivity index (χ1n) is 9.51. The van der Waals surface area contributed by atoms with E-state index in [0.29, 0.717) is 0 Å². The number of rotatable bonds is 5. The number of benzene rings is 4. The van der Waals surface area contributed by atoms with E-state index in [-0.39, 0.29) is 0 Å². The minimum absolute atomic E-state index is 0.641. The summed E-state index contributed by atoms with van der Waals surface area (Å²) in [5, 5.41) is 4.14. The molecule has 0 aliphatic carbocycles. The van der Waals surface area contributed by atoms with Crippen molar-refractivity contribution in [1.29, 1.82) is 0 Å². The third kappa shape index (κ3) is 3.72. The summed E-state index contributed by atoms with van der Waals surface area (Å²) in [6.07, 6.45) is 0. The van der Waals surface area contributed by atoms with E-state index in [1.165, 1.54) is 32.7 Å². The molecule has 0 fully saturated rings. The van der Waals surface area contributed by atoms with Crippen molar-refractivity contribution in [3.8, 4) is 11.1 Å². The van der Waals surface area contributed by atoms with Gasteiger partial charge in [0.15, 0.2) is 0 Å². The SMILES string of the molecule is CN(C)c1ccccc1-c1ccccc1P(c1ccccc1)c1ccccc1. The molecule has 28 heavy (non-hydrogen) atoms. The Hall–Kier alpha value is -2.89. The molecule has 4 aromatic rings. The molecule has 0 aliphatic rings. The zero-order valence-electron chi connectivity index (χ0n) is 16.3. The predicted octanol–water partition coefficient (Wildman–Crippen LogP) is 5.18. The van der Waals surface area contributed by atoms with Crippen molar-refractivity contribution in [2.75, 3.05) is 19.0 Å². The second kappa shape index (κ2) is 8.42. The normalized spacial score (nSPS) is 10.8. The lowest BCUT2D eigenvalue weighted by Crippen LogP contribution is -2.22. The van der Waals surface area contributed by atoms with Gasteiger partial charge < -0.3 is 4.90 Å². The Kier molecular flexibility index (Phi) is 5.55. The molecule has 0 atom stereocenters. The van der Waals surface area contributed by atoms with Crippen LogP contribution >= 0.6 is 7.92 Å². The van der Waals surface area contributed by atoms with Crippen LogP contribution in [0.3, 0.4) is 0 Å². The smallest absolute Gasteiger partial charge is 0.0440 e. The van der Waals surface area contributed by atoms with Gasteiger partial charge in [0, 0.05) is 25.3 Å². The third-order valence-electron chi connectivity index (χ3n) is 4.85. The van der Waals surface area contributed by atoms with Gasteiger partial charge in [0.25, 0.3) is 0 Å². The van der Waals surface area contributed by atoms with E-state index < -0.39 is 7.92 Å². The molecule has 0 aliphatic heterocycles. The van der Waals surface area contributed by atoms with Gasteiger partial charge in [-0.05, 0) is 35.5 Å². The molecule has 1 nitrogen and oxygen atoms in total. The zero-order valence-corrected chi connectivity index (χ0v) is 17.2.